The topological polar surface area (TPSA) is 117 Å². The van der Waals surface area contributed by atoms with Crippen LogP contribution in [0.15, 0.2) is 59.8 Å². The summed E-state index contributed by atoms with van der Waals surface area (Å²) >= 11 is 0. The molecule has 3 rings (SSSR count). The number of halogens is 3. The van der Waals surface area contributed by atoms with Gasteiger partial charge in [-0.2, -0.15) is 13.2 Å². The normalized spacial score (nSPS) is 18.7. The Morgan fingerprint density at radius 3 is 2.20 bits per heavy atom. The van der Waals surface area contributed by atoms with Crippen LogP contribution in [0.4, 0.5) is 13.2 Å². The van der Waals surface area contributed by atoms with Gasteiger partial charge in [0.2, 0.25) is 0 Å². The number of rotatable bonds is 9. The number of carbonyl (C=O) groups is 4. The number of hydrogen-bond donors (Lipinski definition) is 1. The fourth-order valence-corrected chi connectivity index (χ4v) is 4.66. The molecule has 0 radical (unpaired) electrons. The molecule has 2 aromatic carbocycles. The Labute approximate surface area is 234 Å². The standard InChI is InChI=1S/C29H30F3NO8/c1-5-38-27(37)23-16-20(17(2)33-28(23,4)21-11-7-8-12-22(21)29(30,31)32)26(36)40-15-14-39-25(35)19-10-6-9-13-24(19)41-18(3)34/h6-13,23,33H,5,14-16H2,1-4H3. The first kappa shape index (κ1) is 31.2. The number of benzene rings is 2. The van der Waals surface area contributed by atoms with E-state index in [-0.39, 0.29) is 54.4 Å². The molecule has 1 aliphatic rings. The lowest BCUT2D eigenvalue weighted by molar-refractivity contribution is -0.153. The number of hydrogen-bond acceptors (Lipinski definition) is 9. The van der Waals surface area contributed by atoms with Gasteiger partial charge in [0.1, 0.15) is 24.5 Å². The van der Waals surface area contributed by atoms with E-state index in [1.54, 1.807) is 19.1 Å². The summed E-state index contributed by atoms with van der Waals surface area (Å²) in [6, 6.07) is 10.9. The summed E-state index contributed by atoms with van der Waals surface area (Å²) in [4.78, 5) is 49.6. The third-order valence-corrected chi connectivity index (χ3v) is 6.52. The third-order valence-electron chi connectivity index (χ3n) is 6.52. The second kappa shape index (κ2) is 12.9. The van der Waals surface area contributed by atoms with Crippen molar-refractivity contribution in [3.05, 3.63) is 76.5 Å². The Hall–Kier alpha value is -4.35. The van der Waals surface area contributed by atoms with E-state index in [1.807, 2.05) is 0 Å². The van der Waals surface area contributed by atoms with Crippen molar-refractivity contribution < 1.29 is 51.3 Å². The van der Waals surface area contributed by atoms with Gasteiger partial charge in [0.05, 0.1) is 29.2 Å². The molecule has 1 N–H and O–H groups in total. The van der Waals surface area contributed by atoms with Gasteiger partial charge in [-0.05, 0) is 51.0 Å². The molecule has 2 atom stereocenters. The summed E-state index contributed by atoms with van der Waals surface area (Å²) in [5.74, 6) is -4.24. The summed E-state index contributed by atoms with van der Waals surface area (Å²) in [7, 11) is 0. The second-order valence-corrected chi connectivity index (χ2v) is 9.34. The Kier molecular flexibility index (Phi) is 9.79. The minimum absolute atomic E-state index is 0.000221. The maximum Gasteiger partial charge on any atom is 0.416 e. The van der Waals surface area contributed by atoms with E-state index in [2.05, 4.69) is 5.32 Å². The fraction of sp³-hybridized carbons (Fsp3) is 0.379. The van der Waals surface area contributed by atoms with Crippen molar-refractivity contribution in [1.82, 2.24) is 5.32 Å². The quantitative estimate of drug-likeness (QED) is 0.196. The van der Waals surface area contributed by atoms with Crippen molar-refractivity contribution >= 4 is 23.9 Å². The van der Waals surface area contributed by atoms with Gasteiger partial charge in [-0.15, -0.1) is 0 Å². The number of allylic oxidation sites excluding steroid dienone is 1. The van der Waals surface area contributed by atoms with Gasteiger partial charge >= 0.3 is 30.1 Å². The predicted octanol–water partition coefficient (Wildman–Crippen LogP) is 4.69. The molecular formula is C29H30F3NO8. The molecule has 220 valence electrons. The Morgan fingerprint density at radius 1 is 0.951 bits per heavy atom. The molecule has 1 aliphatic heterocycles. The van der Waals surface area contributed by atoms with Crippen LogP contribution >= 0.6 is 0 Å². The lowest BCUT2D eigenvalue weighted by Crippen LogP contribution is -2.53. The smallest absolute Gasteiger partial charge is 0.416 e. The number of esters is 4. The molecule has 0 amide bonds. The van der Waals surface area contributed by atoms with Crippen molar-refractivity contribution in [2.24, 2.45) is 5.92 Å². The number of ether oxygens (including phenoxy) is 4. The molecular weight excluding hydrogens is 547 g/mol. The molecule has 0 saturated carbocycles. The molecule has 1 heterocycles. The zero-order valence-corrected chi connectivity index (χ0v) is 22.9. The highest BCUT2D eigenvalue weighted by atomic mass is 19.4. The van der Waals surface area contributed by atoms with Crippen molar-refractivity contribution in [2.45, 2.75) is 45.8 Å². The fourth-order valence-electron chi connectivity index (χ4n) is 4.66. The first-order chi connectivity index (χ1) is 19.3. The molecule has 0 fully saturated rings. The van der Waals surface area contributed by atoms with Crippen LogP contribution in [0.3, 0.4) is 0 Å². The summed E-state index contributed by atoms with van der Waals surface area (Å²) < 4.78 is 62.2. The zero-order valence-electron chi connectivity index (χ0n) is 22.9. The number of alkyl halides is 3. The maximum absolute atomic E-state index is 13.9. The van der Waals surface area contributed by atoms with Crippen LogP contribution in [-0.2, 0) is 40.3 Å². The van der Waals surface area contributed by atoms with E-state index in [1.165, 1.54) is 51.1 Å². The Balaban J connectivity index is 1.76. The van der Waals surface area contributed by atoms with Crippen LogP contribution in [0.2, 0.25) is 0 Å². The Morgan fingerprint density at radius 2 is 1.56 bits per heavy atom. The molecule has 2 aromatic rings. The van der Waals surface area contributed by atoms with Crippen LogP contribution < -0.4 is 10.1 Å². The lowest BCUT2D eigenvalue weighted by atomic mass is 9.72. The van der Waals surface area contributed by atoms with E-state index in [0.29, 0.717) is 0 Å². The minimum atomic E-state index is -4.69. The molecule has 0 bridgehead atoms. The zero-order chi connectivity index (χ0) is 30.4. The molecule has 41 heavy (non-hydrogen) atoms. The van der Waals surface area contributed by atoms with Crippen molar-refractivity contribution in [2.75, 3.05) is 19.8 Å². The van der Waals surface area contributed by atoms with Gasteiger partial charge in [0.25, 0.3) is 0 Å². The van der Waals surface area contributed by atoms with Crippen LogP contribution in [0, 0.1) is 5.92 Å². The van der Waals surface area contributed by atoms with E-state index in [9.17, 15) is 32.3 Å². The number of para-hydroxylation sites is 1. The van der Waals surface area contributed by atoms with E-state index >= 15 is 0 Å². The highest BCUT2D eigenvalue weighted by Crippen LogP contribution is 2.44. The van der Waals surface area contributed by atoms with Crippen LogP contribution in [0.25, 0.3) is 0 Å². The van der Waals surface area contributed by atoms with Gasteiger partial charge in [0.15, 0.2) is 0 Å². The maximum atomic E-state index is 13.9. The molecule has 2 unspecified atom stereocenters. The lowest BCUT2D eigenvalue weighted by Gasteiger charge is -2.43. The van der Waals surface area contributed by atoms with Crippen molar-refractivity contribution in [3.8, 4) is 5.75 Å². The Bertz CT molecular complexity index is 1350. The summed E-state index contributed by atoms with van der Waals surface area (Å²) in [5, 5.41) is 2.94. The van der Waals surface area contributed by atoms with E-state index in [0.717, 1.165) is 6.07 Å². The van der Waals surface area contributed by atoms with E-state index in [4.69, 9.17) is 18.9 Å². The van der Waals surface area contributed by atoms with Crippen LogP contribution in [0.1, 0.15) is 55.6 Å². The summed E-state index contributed by atoms with van der Waals surface area (Å²) in [6.45, 7) is 5.00. The highest BCUT2D eigenvalue weighted by Gasteiger charge is 2.50. The van der Waals surface area contributed by atoms with Gasteiger partial charge in [-0.25, -0.2) is 9.59 Å². The largest absolute Gasteiger partial charge is 0.466 e. The van der Waals surface area contributed by atoms with E-state index < -0.39 is 47.1 Å². The second-order valence-electron chi connectivity index (χ2n) is 9.34. The monoisotopic (exact) mass is 577 g/mol. The SMILES string of the molecule is CCOC(=O)C1CC(C(=O)OCCOC(=O)c2ccccc2OC(C)=O)=C(C)NC1(C)c1ccccc1C(F)(F)F. The molecule has 0 spiro atoms. The third kappa shape index (κ3) is 7.24. The van der Waals surface area contributed by atoms with Gasteiger partial charge in [0, 0.05) is 12.6 Å². The van der Waals surface area contributed by atoms with Gasteiger partial charge in [-0.1, -0.05) is 30.3 Å². The molecule has 0 saturated heterocycles. The first-order valence-electron chi connectivity index (χ1n) is 12.7. The average Bonchev–Trinajstić information content (AvgIpc) is 2.90. The molecule has 0 aromatic heterocycles. The van der Waals surface area contributed by atoms with Crippen LogP contribution in [-0.4, -0.2) is 43.7 Å². The van der Waals surface area contributed by atoms with Crippen LogP contribution in [0.5, 0.6) is 5.75 Å². The predicted molar refractivity (Wildman–Crippen MR) is 138 cm³/mol. The van der Waals surface area contributed by atoms with Gasteiger partial charge in [-0.3, -0.25) is 9.59 Å². The molecule has 9 nitrogen and oxygen atoms in total. The summed E-state index contributed by atoms with van der Waals surface area (Å²) in [5.41, 5.74) is -2.38. The molecule has 12 heteroatoms. The number of carbonyl (C=O) groups excluding carboxylic acids is 4. The average molecular weight is 578 g/mol. The van der Waals surface area contributed by atoms with Gasteiger partial charge < -0.3 is 24.3 Å². The minimum Gasteiger partial charge on any atom is -0.466 e. The molecule has 0 aliphatic carbocycles. The summed E-state index contributed by atoms with van der Waals surface area (Å²) in [6.07, 6.45) is -4.94. The first-order valence-corrected chi connectivity index (χ1v) is 12.7. The highest BCUT2D eigenvalue weighted by molar-refractivity contribution is 5.93. The number of nitrogens with one attached hydrogen (secondary N) is 1. The van der Waals surface area contributed by atoms with Crippen molar-refractivity contribution in [3.63, 3.8) is 0 Å². The van der Waals surface area contributed by atoms with Crippen molar-refractivity contribution in [1.29, 1.82) is 0 Å².